The van der Waals surface area contributed by atoms with Gasteiger partial charge in [0.15, 0.2) is 0 Å². The van der Waals surface area contributed by atoms with Crippen molar-refractivity contribution < 1.29 is 9.53 Å². The quantitative estimate of drug-likeness (QED) is 0.570. The molecule has 1 aliphatic heterocycles. The number of rotatable bonds is 6. The number of carbonyl (C=O) groups excluding carboxylic acids is 1. The molecule has 1 aliphatic rings. The fraction of sp³-hybridized carbons (Fsp3) is 0.417. The minimum atomic E-state index is 0.0144. The number of anilines is 1. The summed E-state index contributed by atoms with van der Waals surface area (Å²) in [6.07, 6.45) is 6.73. The molecular weight excluding hydrogens is 418 g/mol. The molecule has 1 saturated heterocycles. The predicted molar refractivity (Wildman–Crippen MR) is 126 cm³/mol. The number of nitrogens with one attached hydrogen (secondary N) is 1. The summed E-state index contributed by atoms with van der Waals surface area (Å²) < 4.78 is 5.24. The average Bonchev–Trinajstić information content (AvgIpc) is 2.77. The van der Waals surface area contributed by atoms with E-state index < -0.39 is 0 Å². The fourth-order valence-corrected chi connectivity index (χ4v) is 4.76. The lowest BCUT2D eigenvalue weighted by atomic mass is 9.79. The summed E-state index contributed by atoms with van der Waals surface area (Å²) in [5, 5.41) is 12.5. The van der Waals surface area contributed by atoms with Crippen LogP contribution in [0, 0.1) is 0 Å². The molecule has 4 rings (SSSR count). The second-order valence-electron chi connectivity index (χ2n) is 9.73. The first-order chi connectivity index (χ1) is 15.7. The minimum absolute atomic E-state index is 0.0144. The molecule has 0 amide bonds. The van der Waals surface area contributed by atoms with E-state index in [-0.39, 0.29) is 17.1 Å². The van der Waals surface area contributed by atoms with Crippen molar-refractivity contribution in [2.24, 2.45) is 0 Å². The van der Waals surface area contributed by atoms with Gasteiger partial charge in [-0.25, -0.2) is 15.0 Å². The Bertz CT molecular complexity index is 1100. The number of hydrogen-bond donors (Lipinski definition) is 1. The van der Waals surface area contributed by atoms with Crippen LogP contribution in [0.3, 0.4) is 0 Å². The fourth-order valence-electron chi connectivity index (χ4n) is 4.76. The summed E-state index contributed by atoms with van der Waals surface area (Å²) in [6, 6.07) is 7.52. The van der Waals surface area contributed by atoms with Gasteiger partial charge in [0, 0.05) is 41.5 Å². The first-order valence-electron chi connectivity index (χ1n) is 10.9. The predicted octanol–water partition coefficient (Wildman–Crippen LogP) is 3.28. The first kappa shape index (κ1) is 22.7. The van der Waals surface area contributed by atoms with E-state index in [0.29, 0.717) is 29.4 Å². The Labute approximate surface area is 193 Å². The smallest absolute Gasteiger partial charge is 0.298 e. The number of benzene rings is 1. The number of nitrogens with zero attached hydrogens (tertiary/aromatic N) is 6. The molecule has 33 heavy (non-hydrogen) atoms. The highest BCUT2D eigenvalue weighted by Gasteiger charge is 2.39. The van der Waals surface area contributed by atoms with E-state index in [9.17, 15) is 4.79 Å². The monoisotopic (exact) mass is 447 g/mol. The van der Waals surface area contributed by atoms with Crippen LogP contribution in [0.25, 0.3) is 22.5 Å². The summed E-state index contributed by atoms with van der Waals surface area (Å²) in [5.41, 5.74) is 2.69. The summed E-state index contributed by atoms with van der Waals surface area (Å²) in [4.78, 5) is 26.0. The highest BCUT2D eigenvalue weighted by molar-refractivity contribution is 5.74. The van der Waals surface area contributed by atoms with Gasteiger partial charge in [-0.15, -0.1) is 10.2 Å². The third kappa shape index (κ3) is 5.14. The van der Waals surface area contributed by atoms with Crippen LogP contribution in [0.4, 0.5) is 5.95 Å². The van der Waals surface area contributed by atoms with Crippen molar-refractivity contribution in [2.75, 3.05) is 11.9 Å². The van der Waals surface area contributed by atoms with E-state index in [1.165, 1.54) is 6.33 Å². The number of carbonyl (C=O) groups is 1. The molecule has 0 atom stereocenters. The van der Waals surface area contributed by atoms with Gasteiger partial charge in [-0.2, -0.15) is 0 Å². The van der Waals surface area contributed by atoms with Crippen molar-refractivity contribution >= 4 is 12.4 Å². The topological polar surface area (TPSA) is 106 Å². The molecule has 0 unspecified atom stereocenters. The zero-order valence-electron chi connectivity index (χ0n) is 19.6. The van der Waals surface area contributed by atoms with Gasteiger partial charge in [-0.05, 0) is 58.7 Å². The highest BCUT2D eigenvalue weighted by Crippen LogP contribution is 2.34. The molecule has 0 saturated carbocycles. The van der Waals surface area contributed by atoms with E-state index in [4.69, 9.17) is 4.74 Å². The minimum Gasteiger partial charge on any atom is -0.428 e. The molecule has 3 aromatic rings. The van der Waals surface area contributed by atoms with Gasteiger partial charge in [-0.3, -0.25) is 4.79 Å². The molecule has 1 aromatic carbocycles. The van der Waals surface area contributed by atoms with Crippen LogP contribution in [0.5, 0.6) is 5.75 Å². The van der Waals surface area contributed by atoms with Crippen molar-refractivity contribution in [2.45, 2.75) is 57.7 Å². The Hall–Kier alpha value is -3.46. The lowest BCUT2D eigenvalue weighted by Crippen LogP contribution is -2.62. The number of piperidine rings is 1. The van der Waals surface area contributed by atoms with Gasteiger partial charge in [0.05, 0.1) is 11.9 Å². The first-order valence-corrected chi connectivity index (χ1v) is 10.9. The molecule has 1 N–H and O–H groups in total. The van der Waals surface area contributed by atoms with Gasteiger partial charge in [0.2, 0.25) is 5.95 Å². The molecule has 172 valence electrons. The van der Waals surface area contributed by atoms with Crippen molar-refractivity contribution in [1.29, 1.82) is 0 Å². The number of hydrogen-bond acceptors (Lipinski definition) is 9. The largest absolute Gasteiger partial charge is 0.428 e. The van der Waals surface area contributed by atoms with E-state index in [1.54, 1.807) is 24.5 Å². The van der Waals surface area contributed by atoms with Crippen LogP contribution in [-0.2, 0) is 4.79 Å². The van der Waals surface area contributed by atoms with Crippen LogP contribution in [0.15, 0.2) is 43.0 Å². The Balaban J connectivity index is 1.59. The Morgan fingerprint density at radius 3 is 2.42 bits per heavy atom. The van der Waals surface area contributed by atoms with Gasteiger partial charge in [-0.1, -0.05) is 6.07 Å². The molecule has 9 nitrogen and oxygen atoms in total. The molecule has 9 heteroatoms. The normalized spacial score (nSPS) is 17.4. The van der Waals surface area contributed by atoms with Gasteiger partial charge in [0.1, 0.15) is 17.8 Å². The molecule has 1 fully saturated rings. The van der Waals surface area contributed by atoms with E-state index in [2.05, 4.69) is 63.1 Å². The van der Waals surface area contributed by atoms with Crippen LogP contribution >= 0.6 is 0 Å². The third-order valence-electron chi connectivity index (χ3n) is 5.89. The van der Waals surface area contributed by atoms with Gasteiger partial charge in [0.25, 0.3) is 6.47 Å². The number of ether oxygens (including phenoxy) is 1. The van der Waals surface area contributed by atoms with Crippen molar-refractivity contribution in [3.63, 3.8) is 0 Å². The van der Waals surface area contributed by atoms with Crippen LogP contribution in [0.2, 0.25) is 0 Å². The molecule has 0 spiro atoms. The SMILES string of the molecule is CN(c1ncc(-c2ccc(-c3ccncn3)cc2OC=O)nn1)C1CC(C)(C)NC(C)(C)C1. The average molecular weight is 448 g/mol. The summed E-state index contributed by atoms with van der Waals surface area (Å²) in [6.45, 7) is 9.27. The number of aromatic nitrogens is 5. The van der Waals surface area contributed by atoms with Crippen molar-refractivity contribution in [1.82, 2.24) is 30.5 Å². The Morgan fingerprint density at radius 2 is 1.82 bits per heavy atom. The second kappa shape index (κ2) is 8.82. The van der Waals surface area contributed by atoms with E-state index in [1.807, 2.05) is 19.2 Å². The molecule has 0 aliphatic carbocycles. The van der Waals surface area contributed by atoms with Crippen LogP contribution in [-0.4, -0.2) is 55.8 Å². The lowest BCUT2D eigenvalue weighted by molar-refractivity contribution is -0.120. The maximum absolute atomic E-state index is 11.1. The Kier molecular flexibility index (Phi) is 6.07. The zero-order valence-corrected chi connectivity index (χ0v) is 19.6. The van der Waals surface area contributed by atoms with Crippen molar-refractivity contribution in [3.05, 3.63) is 43.0 Å². The summed E-state index contributed by atoms with van der Waals surface area (Å²) in [5.74, 6) is 0.924. The highest BCUT2D eigenvalue weighted by atomic mass is 16.5. The molecule has 0 bridgehead atoms. The Morgan fingerprint density at radius 1 is 1.06 bits per heavy atom. The van der Waals surface area contributed by atoms with Crippen molar-refractivity contribution in [3.8, 4) is 28.3 Å². The molecule has 3 heterocycles. The molecule has 0 radical (unpaired) electrons. The maximum atomic E-state index is 11.1. The molecule has 2 aromatic heterocycles. The lowest BCUT2D eigenvalue weighted by Gasteiger charge is -2.48. The second-order valence-corrected chi connectivity index (χ2v) is 9.73. The third-order valence-corrected chi connectivity index (χ3v) is 5.89. The zero-order chi connectivity index (χ0) is 23.6. The van der Waals surface area contributed by atoms with E-state index in [0.717, 1.165) is 24.1 Å². The summed E-state index contributed by atoms with van der Waals surface area (Å²) in [7, 11) is 2.01. The summed E-state index contributed by atoms with van der Waals surface area (Å²) >= 11 is 0. The van der Waals surface area contributed by atoms with Crippen LogP contribution in [0.1, 0.15) is 40.5 Å². The molecular formula is C24H29N7O2. The van der Waals surface area contributed by atoms with Gasteiger partial charge < -0.3 is 15.0 Å². The van der Waals surface area contributed by atoms with Gasteiger partial charge >= 0.3 is 0 Å². The van der Waals surface area contributed by atoms with E-state index >= 15 is 0 Å². The standard InChI is InChI=1S/C24H29N7O2/c1-23(2)11-17(12-24(3,4)30-23)31(5)22-26-13-20(28-29-22)18-7-6-16(10-21(18)33-15-32)19-8-9-25-14-27-19/h6-10,13-15,17,30H,11-12H2,1-5H3. The van der Waals surface area contributed by atoms with Crippen LogP contribution < -0.4 is 15.0 Å². The maximum Gasteiger partial charge on any atom is 0.298 e.